The molecule has 1 aromatic heterocycles. The quantitative estimate of drug-likeness (QED) is 0.537. The third-order valence-corrected chi connectivity index (χ3v) is 5.52. The van der Waals surface area contributed by atoms with E-state index in [0.717, 1.165) is 41.0 Å². The van der Waals surface area contributed by atoms with Crippen molar-refractivity contribution in [1.29, 1.82) is 0 Å². The second-order valence-electron chi connectivity index (χ2n) is 7.31. The first kappa shape index (κ1) is 15.6. The molecule has 4 aromatic rings. The zero-order chi connectivity index (χ0) is 18.5. The molecule has 0 spiro atoms. The van der Waals surface area contributed by atoms with E-state index in [-0.39, 0.29) is 0 Å². The molecule has 2 aliphatic heterocycles. The van der Waals surface area contributed by atoms with E-state index < -0.39 is 0 Å². The monoisotopic (exact) mass is 369 g/mol. The molecule has 1 N–H and O–H groups in total. The molecule has 0 atom stereocenters. The summed E-state index contributed by atoms with van der Waals surface area (Å²) in [5, 5.41) is 5.73. The summed E-state index contributed by atoms with van der Waals surface area (Å²) in [4.78, 5) is 0. The molecule has 0 amide bonds. The van der Waals surface area contributed by atoms with E-state index in [1.165, 1.54) is 27.6 Å². The lowest BCUT2D eigenvalue weighted by Crippen LogP contribution is -2.19. The van der Waals surface area contributed by atoms with Gasteiger partial charge in [0.15, 0.2) is 11.5 Å². The largest absolute Gasteiger partial charge is 0.486 e. The van der Waals surface area contributed by atoms with Gasteiger partial charge in [-0.25, -0.2) is 0 Å². The number of hydrogen-bond donors (Lipinski definition) is 1. The highest BCUT2D eigenvalue weighted by molar-refractivity contribution is 6.05. The molecule has 0 unspecified atom stereocenters. The number of allylic oxidation sites excluding steroid dienone is 1. The van der Waals surface area contributed by atoms with Crippen molar-refractivity contribution in [2.24, 2.45) is 0 Å². The molecular formula is C24H19NO3. The molecule has 0 bridgehead atoms. The minimum Gasteiger partial charge on any atom is -0.486 e. The molecule has 3 aromatic carbocycles. The minimum absolute atomic E-state index is 0.604. The van der Waals surface area contributed by atoms with Gasteiger partial charge in [-0.1, -0.05) is 24.3 Å². The zero-order valence-corrected chi connectivity index (χ0v) is 15.3. The van der Waals surface area contributed by atoms with Crippen LogP contribution in [0.5, 0.6) is 11.5 Å². The molecule has 0 aliphatic carbocycles. The Bertz CT molecular complexity index is 1250. The summed E-state index contributed by atoms with van der Waals surface area (Å²) >= 11 is 0. The highest BCUT2D eigenvalue weighted by Crippen LogP contribution is 2.38. The molecule has 0 fully saturated rings. The smallest absolute Gasteiger partial charge is 0.161 e. The SMILES string of the molecule is C1=C(Cc2ccc3oc4ccccc4c3c2)c2cc3c(cc2CN1)OCCO3. The van der Waals surface area contributed by atoms with Crippen molar-refractivity contribution >= 4 is 27.5 Å². The first-order chi connectivity index (χ1) is 13.8. The number of ether oxygens (including phenoxy) is 2. The van der Waals surface area contributed by atoms with Gasteiger partial charge < -0.3 is 19.2 Å². The summed E-state index contributed by atoms with van der Waals surface area (Å²) < 4.78 is 17.5. The predicted octanol–water partition coefficient (Wildman–Crippen LogP) is 5.04. The van der Waals surface area contributed by atoms with E-state index in [4.69, 9.17) is 13.9 Å². The van der Waals surface area contributed by atoms with Crippen LogP contribution in [-0.2, 0) is 13.0 Å². The van der Waals surface area contributed by atoms with Gasteiger partial charge in [0.25, 0.3) is 0 Å². The van der Waals surface area contributed by atoms with Gasteiger partial charge in [-0.05, 0) is 59.0 Å². The molecule has 3 heterocycles. The van der Waals surface area contributed by atoms with Crippen LogP contribution in [0.2, 0.25) is 0 Å². The van der Waals surface area contributed by atoms with Crippen LogP contribution in [0, 0.1) is 0 Å². The number of fused-ring (bicyclic) bond motifs is 5. The third-order valence-electron chi connectivity index (χ3n) is 5.52. The summed E-state index contributed by atoms with van der Waals surface area (Å²) in [5.74, 6) is 1.69. The van der Waals surface area contributed by atoms with Crippen LogP contribution >= 0.6 is 0 Å². The van der Waals surface area contributed by atoms with Gasteiger partial charge in [0.2, 0.25) is 0 Å². The van der Waals surface area contributed by atoms with Crippen LogP contribution in [0.3, 0.4) is 0 Å². The van der Waals surface area contributed by atoms with Gasteiger partial charge in [0, 0.05) is 23.5 Å². The van der Waals surface area contributed by atoms with Crippen molar-refractivity contribution in [3.63, 3.8) is 0 Å². The predicted molar refractivity (Wildman–Crippen MR) is 110 cm³/mol. The first-order valence-electron chi connectivity index (χ1n) is 9.61. The molecular weight excluding hydrogens is 350 g/mol. The highest BCUT2D eigenvalue weighted by Gasteiger charge is 2.20. The molecule has 6 rings (SSSR count). The molecule has 28 heavy (non-hydrogen) atoms. The maximum atomic E-state index is 5.96. The first-order valence-corrected chi connectivity index (χ1v) is 9.61. The fourth-order valence-electron chi connectivity index (χ4n) is 4.19. The van der Waals surface area contributed by atoms with E-state index in [0.29, 0.717) is 13.2 Å². The lowest BCUT2D eigenvalue weighted by Gasteiger charge is -2.24. The van der Waals surface area contributed by atoms with Crippen molar-refractivity contribution in [1.82, 2.24) is 5.32 Å². The summed E-state index contributed by atoms with van der Waals surface area (Å²) in [5.41, 5.74) is 6.86. The van der Waals surface area contributed by atoms with Crippen molar-refractivity contribution in [3.8, 4) is 11.5 Å². The van der Waals surface area contributed by atoms with Gasteiger partial charge in [-0.3, -0.25) is 0 Å². The van der Waals surface area contributed by atoms with Gasteiger partial charge in [0.1, 0.15) is 24.4 Å². The van der Waals surface area contributed by atoms with Crippen LogP contribution in [0.1, 0.15) is 16.7 Å². The van der Waals surface area contributed by atoms with Crippen molar-refractivity contribution in [3.05, 3.63) is 77.5 Å². The van der Waals surface area contributed by atoms with Crippen LogP contribution in [0.25, 0.3) is 27.5 Å². The van der Waals surface area contributed by atoms with Gasteiger partial charge in [-0.2, -0.15) is 0 Å². The van der Waals surface area contributed by atoms with Crippen molar-refractivity contribution in [2.75, 3.05) is 13.2 Å². The second-order valence-corrected chi connectivity index (χ2v) is 7.31. The van der Waals surface area contributed by atoms with E-state index >= 15 is 0 Å². The lowest BCUT2D eigenvalue weighted by atomic mass is 9.92. The number of nitrogens with one attached hydrogen (secondary N) is 1. The number of hydrogen-bond acceptors (Lipinski definition) is 4. The van der Waals surface area contributed by atoms with Crippen LogP contribution < -0.4 is 14.8 Å². The second kappa shape index (κ2) is 6.06. The molecule has 4 nitrogen and oxygen atoms in total. The van der Waals surface area contributed by atoms with Crippen LogP contribution in [-0.4, -0.2) is 13.2 Å². The Balaban J connectivity index is 1.40. The Hall–Kier alpha value is -3.40. The lowest BCUT2D eigenvalue weighted by molar-refractivity contribution is 0.171. The molecule has 0 saturated heterocycles. The fourth-order valence-corrected chi connectivity index (χ4v) is 4.19. The Morgan fingerprint density at radius 3 is 2.57 bits per heavy atom. The average molecular weight is 369 g/mol. The Morgan fingerprint density at radius 1 is 0.821 bits per heavy atom. The summed E-state index contributed by atoms with van der Waals surface area (Å²) in [6.07, 6.45) is 2.96. The summed E-state index contributed by atoms with van der Waals surface area (Å²) in [6.45, 7) is 2.02. The number of furan rings is 1. The number of para-hydroxylation sites is 1. The standard InChI is InChI=1S/C24H19NO3/c1-2-4-21-18(3-1)20-10-15(5-6-22(20)28-21)9-16-13-25-14-17-11-23-24(12-19(16)17)27-8-7-26-23/h1-6,10-13,25H,7-9,14H2. The zero-order valence-electron chi connectivity index (χ0n) is 15.3. The Morgan fingerprint density at radius 2 is 1.64 bits per heavy atom. The van der Waals surface area contributed by atoms with Crippen LogP contribution in [0.4, 0.5) is 0 Å². The normalized spacial score (nSPS) is 15.2. The van der Waals surface area contributed by atoms with Crippen molar-refractivity contribution in [2.45, 2.75) is 13.0 Å². The molecule has 4 heteroatoms. The van der Waals surface area contributed by atoms with E-state index in [2.05, 4.69) is 54.0 Å². The third kappa shape index (κ3) is 2.45. The Labute approximate surface area is 162 Å². The van der Waals surface area contributed by atoms with E-state index in [1.807, 2.05) is 12.1 Å². The van der Waals surface area contributed by atoms with E-state index in [9.17, 15) is 0 Å². The number of rotatable bonds is 2. The Kier molecular flexibility index (Phi) is 3.38. The molecule has 2 aliphatic rings. The number of benzene rings is 3. The van der Waals surface area contributed by atoms with Crippen LogP contribution in [0.15, 0.2) is 65.2 Å². The van der Waals surface area contributed by atoms with E-state index in [1.54, 1.807) is 0 Å². The van der Waals surface area contributed by atoms with Crippen molar-refractivity contribution < 1.29 is 13.9 Å². The maximum Gasteiger partial charge on any atom is 0.161 e. The van der Waals surface area contributed by atoms with Gasteiger partial charge in [-0.15, -0.1) is 0 Å². The molecule has 0 saturated carbocycles. The average Bonchev–Trinajstić information content (AvgIpc) is 3.11. The highest BCUT2D eigenvalue weighted by atomic mass is 16.6. The topological polar surface area (TPSA) is 43.6 Å². The fraction of sp³-hybridized carbons (Fsp3) is 0.167. The maximum absolute atomic E-state index is 5.96. The molecule has 0 radical (unpaired) electrons. The molecule has 138 valence electrons. The minimum atomic E-state index is 0.604. The summed E-state index contributed by atoms with van der Waals surface area (Å²) in [6, 6.07) is 18.9. The van der Waals surface area contributed by atoms with Gasteiger partial charge >= 0.3 is 0 Å². The summed E-state index contributed by atoms with van der Waals surface area (Å²) in [7, 11) is 0. The van der Waals surface area contributed by atoms with Gasteiger partial charge in [0.05, 0.1) is 0 Å².